The molecule has 0 aliphatic carbocycles. The highest BCUT2D eigenvalue weighted by Gasteiger charge is 2.19. The maximum absolute atomic E-state index is 6.33. The number of methoxy groups -OCH3 is 1. The number of anilines is 1. The molecule has 0 spiro atoms. The summed E-state index contributed by atoms with van der Waals surface area (Å²) in [5.74, 6) is 0.826. The van der Waals surface area contributed by atoms with E-state index in [2.05, 4.69) is 14.9 Å². The third-order valence-corrected chi connectivity index (χ3v) is 5.43. The predicted octanol–water partition coefficient (Wildman–Crippen LogP) is 3.80. The number of piperazine rings is 1. The Kier molecular flexibility index (Phi) is 6.45. The first-order valence-electron chi connectivity index (χ1n) is 8.66. The van der Waals surface area contributed by atoms with Gasteiger partial charge in [0.25, 0.3) is 0 Å². The summed E-state index contributed by atoms with van der Waals surface area (Å²) in [5, 5.41) is 5.56. The molecule has 0 N–H and O–H groups in total. The Morgan fingerprint density at radius 2 is 1.80 bits per heavy atom. The van der Waals surface area contributed by atoms with Crippen molar-refractivity contribution in [1.29, 1.82) is 0 Å². The van der Waals surface area contributed by atoms with Gasteiger partial charge in [0.15, 0.2) is 0 Å². The molecule has 1 aliphatic rings. The summed E-state index contributed by atoms with van der Waals surface area (Å²) in [5.41, 5.74) is 1.04. The Bertz CT molecular complexity index is 683. The second-order valence-corrected chi connectivity index (χ2v) is 6.99. The van der Waals surface area contributed by atoms with E-state index in [1.54, 1.807) is 13.3 Å². The predicted molar refractivity (Wildman–Crippen MR) is 103 cm³/mol. The average molecular weight is 383 g/mol. The van der Waals surface area contributed by atoms with Crippen molar-refractivity contribution in [2.75, 3.05) is 44.7 Å². The molecule has 0 bridgehead atoms. The first-order chi connectivity index (χ1) is 12.2. The van der Waals surface area contributed by atoms with E-state index in [4.69, 9.17) is 27.9 Å². The van der Waals surface area contributed by atoms with E-state index in [1.165, 1.54) is 0 Å². The van der Waals surface area contributed by atoms with Crippen LogP contribution in [0.3, 0.4) is 0 Å². The molecule has 1 aromatic carbocycles. The van der Waals surface area contributed by atoms with Crippen LogP contribution in [-0.4, -0.2) is 54.5 Å². The van der Waals surface area contributed by atoms with Crippen LogP contribution in [0.4, 0.5) is 5.69 Å². The summed E-state index contributed by atoms with van der Waals surface area (Å²) in [6.07, 6.45) is 4.03. The van der Waals surface area contributed by atoms with E-state index in [9.17, 15) is 0 Å². The fourth-order valence-corrected chi connectivity index (χ4v) is 3.62. The molecular formula is C18H24Cl2N4O. The van der Waals surface area contributed by atoms with Gasteiger partial charge in [-0.1, -0.05) is 29.3 Å². The average Bonchev–Trinajstić information content (AvgIpc) is 3.09. The molecule has 1 aromatic heterocycles. The number of benzene rings is 1. The van der Waals surface area contributed by atoms with Crippen LogP contribution in [0.5, 0.6) is 5.88 Å². The molecule has 0 atom stereocenters. The Hall–Kier alpha value is -1.43. The van der Waals surface area contributed by atoms with Crippen molar-refractivity contribution in [2.45, 2.75) is 19.4 Å². The molecular weight excluding hydrogens is 359 g/mol. The Morgan fingerprint density at radius 3 is 2.56 bits per heavy atom. The molecule has 3 rings (SSSR count). The summed E-state index contributed by atoms with van der Waals surface area (Å²) in [6.45, 7) is 6.07. The lowest BCUT2D eigenvalue weighted by atomic mass is 10.2. The summed E-state index contributed by atoms with van der Waals surface area (Å²) in [4.78, 5) is 4.83. The highest BCUT2D eigenvalue weighted by Crippen LogP contribution is 2.32. The molecule has 0 saturated carbocycles. The number of unbranched alkanes of at least 4 members (excludes halogenated alkanes) is 1. The maximum atomic E-state index is 6.33. The summed E-state index contributed by atoms with van der Waals surface area (Å²) in [7, 11) is 1.68. The van der Waals surface area contributed by atoms with Crippen molar-refractivity contribution < 1.29 is 4.74 Å². The topological polar surface area (TPSA) is 33.5 Å². The van der Waals surface area contributed by atoms with Crippen molar-refractivity contribution in [1.82, 2.24) is 14.7 Å². The minimum atomic E-state index is 0.621. The lowest BCUT2D eigenvalue weighted by Crippen LogP contribution is -2.46. The second kappa shape index (κ2) is 8.79. The number of hydrogen-bond acceptors (Lipinski definition) is 4. The van der Waals surface area contributed by atoms with Crippen molar-refractivity contribution in [3.05, 3.63) is 40.5 Å². The number of aryl methyl sites for hydroxylation is 1. The molecule has 1 aliphatic heterocycles. The third kappa shape index (κ3) is 4.60. The van der Waals surface area contributed by atoms with Crippen LogP contribution in [0.15, 0.2) is 30.5 Å². The second-order valence-electron chi connectivity index (χ2n) is 6.21. The van der Waals surface area contributed by atoms with Gasteiger partial charge in [0.05, 0.1) is 29.0 Å². The van der Waals surface area contributed by atoms with E-state index in [0.717, 1.165) is 63.7 Å². The highest BCUT2D eigenvalue weighted by molar-refractivity contribution is 6.43. The van der Waals surface area contributed by atoms with Gasteiger partial charge in [0.2, 0.25) is 5.88 Å². The fraction of sp³-hybridized carbons (Fsp3) is 0.500. The van der Waals surface area contributed by atoms with E-state index in [1.807, 2.05) is 28.9 Å². The van der Waals surface area contributed by atoms with Gasteiger partial charge >= 0.3 is 0 Å². The van der Waals surface area contributed by atoms with Gasteiger partial charge in [-0.05, 0) is 31.5 Å². The Morgan fingerprint density at radius 1 is 1.04 bits per heavy atom. The molecule has 0 amide bonds. The van der Waals surface area contributed by atoms with Gasteiger partial charge in [-0.3, -0.25) is 4.90 Å². The fourth-order valence-electron chi connectivity index (χ4n) is 3.21. The largest absolute Gasteiger partial charge is 0.481 e. The van der Waals surface area contributed by atoms with Gasteiger partial charge in [-0.25, -0.2) is 4.68 Å². The first kappa shape index (κ1) is 18.4. The lowest BCUT2D eigenvalue weighted by Gasteiger charge is -2.36. The number of ether oxygens (including phenoxy) is 1. The lowest BCUT2D eigenvalue weighted by molar-refractivity contribution is 0.249. The van der Waals surface area contributed by atoms with E-state index in [0.29, 0.717) is 10.0 Å². The molecule has 1 saturated heterocycles. The van der Waals surface area contributed by atoms with Crippen LogP contribution in [0.25, 0.3) is 0 Å². The zero-order valence-electron chi connectivity index (χ0n) is 14.5. The van der Waals surface area contributed by atoms with Crippen LogP contribution in [0.1, 0.15) is 12.8 Å². The van der Waals surface area contributed by atoms with Gasteiger partial charge in [-0.2, -0.15) is 5.10 Å². The molecule has 2 heterocycles. The molecule has 0 radical (unpaired) electrons. The SMILES string of the molecule is COc1ccnn1CCCCN1CCN(c2cccc(Cl)c2Cl)CC1. The zero-order valence-corrected chi connectivity index (χ0v) is 16.0. The number of nitrogens with zero attached hydrogens (tertiary/aromatic N) is 4. The third-order valence-electron chi connectivity index (χ3n) is 4.63. The van der Waals surface area contributed by atoms with Crippen LogP contribution >= 0.6 is 23.2 Å². The molecule has 5 nitrogen and oxygen atoms in total. The van der Waals surface area contributed by atoms with Crippen LogP contribution < -0.4 is 9.64 Å². The van der Waals surface area contributed by atoms with Crippen molar-refractivity contribution in [3.8, 4) is 5.88 Å². The van der Waals surface area contributed by atoms with Crippen LogP contribution in [0, 0.1) is 0 Å². The van der Waals surface area contributed by atoms with Gasteiger partial charge in [0, 0.05) is 38.8 Å². The van der Waals surface area contributed by atoms with E-state index >= 15 is 0 Å². The first-order valence-corrected chi connectivity index (χ1v) is 9.42. The Labute approximate surface area is 159 Å². The van der Waals surface area contributed by atoms with Gasteiger partial charge in [0.1, 0.15) is 0 Å². The summed E-state index contributed by atoms with van der Waals surface area (Å²) < 4.78 is 7.18. The molecule has 136 valence electrons. The molecule has 1 fully saturated rings. The summed E-state index contributed by atoms with van der Waals surface area (Å²) >= 11 is 12.5. The number of aromatic nitrogens is 2. The molecule has 7 heteroatoms. The smallest absolute Gasteiger partial charge is 0.211 e. The quantitative estimate of drug-likeness (QED) is 0.681. The number of halogens is 2. The normalized spacial score (nSPS) is 15.6. The number of rotatable bonds is 7. The van der Waals surface area contributed by atoms with Crippen LogP contribution in [-0.2, 0) is 6.54 Å². The monoisotopic (exact) mass is 382 g/mol. The standard InChI is InChI=1S/C18H24Cl2N4O/c1-25-17-7-8-21-24(17)10-3-2-9-22-11-13-23(14-12-22)16-6-4-5-15(19)18(16)20/h4-8H,2-3,9-14H2,1H3. The zero-order chi connectivity index (χ0) is 17.6. The number of hydrogen-bond donors (Lipinski definition) is 0. The highest BCUT2D eigenvalue weighted by atomic mass is 35.5. The van der Waals surface area contributed by atoms with Gasteiger partial charge in [-0.15, -0.1) is 0 Å². The minimum Gasteiger partial charge on any atom is -0.481 e. The minimum absolute atomic E-state index is 0.621. The van der Waals surface area contributed by atoms with Crippen molar-refractivity contribution >= 4 is 28.9 Å². The molecule has 25 heavy (non-hydrogen) atoms. The molecule has 0 unspecified atom stereocenters. The van der Waals surface area contributed by atoms with Gasteiger partial charge < -0.3 is 9.64 Å². The van der Waals surface area contributed by atoms with E-state index in [-0.39, 0.29) is 0 Å². The summed E-state index contributed by atoms with van der Waals surface area (Å²) in [6, 6.07) is 7.72. The van der Waals surface area contributed by atoms with Crippen molar-refractivity contribution in [3.63, 3.8) is 0 Å². The molecule has 2 aromatic rings. The van der Waals surface area contributed by atoms with E-state index < -0.39 is 0 Å². The Balaban J connectivity index is 1.40. The van der Waals surface area contributed by atoms with Crippen LogP contribution in [0.2, 0.25) is 10.0 Å². The van der Waals surface area contributed by atoms with Crippen molar-refractivity contribution in [2.24, 2.45) is 0 Å². The maximum Gasteiger partial charge on any atom is 0.211 e.